The molecule has 0 aromatic carbocycles. The Bertz CT molecular complexity index is 161. The van der Waals surface area contributed by atoms with Crippen LogP contribution in [0.25, 0.3) is 0 Å². The van der Waals surface area contributed by atoms with E-state index in [1.54, 1.807) is 0 Å². The lowest BCUT2D eigenvalue weighted by Crippen LogP contribution is -2.47. The van der Waals surface area contributed by atoms with Crippen LogP contribution in [0, 0.1) is 0 Å². The van der Waals surface area contributed by atoms with E-state index in [4.69, 9.17) is 4.74 Å². The number of nitrogens with zero attached hydrogens (tertiary/aromatic N) is 1. The third kappa shape index (κ3) is 4.93. The molecule has 2 atom stereocenters. The summed E-state index contributed by atoms with van der Waals surface area (Å²) in [5.41, 5.74) is 0. The van der Waals surface area contributed by atoms with Crippen LogP contribution in [0.3, 0.4) is 0 Å². The van der Waals surface area contributed by atoms with E-state index in [0.29, 0.717) is 25.8 Å². The Morgan fingerprint density at radius 2 is 2.40 bits per heavy atom. The molecule has 90 valence electrons. The van der Waals surface area contributed by atoms with Crippen LogP contribution in [0.1, 0.15) is 19.8 Å². The summed E-state index contributed by atoms with van der Waals surface area (Å²) >= 11 is 0. The van der Waals surface area contributed by atoms with Gasteiger partial charge in [-0.2, -0.15) is 0 Å². The molecule has 4 nitrogen and oxygen atoms in total. The number of nitrogens with one attached hydrogen (secondary N) is 1. The zero-order valence-corrected chi connectivity index (χ0v) is 9.91. The Kier molecular flexibility index (Phi) is 6.17. The average Bonchev–Trinajstić information content (AvgIpc) is 2.27. The molecular weight excluding hydrogens is 192 g/mol. The molecule has 2 unspecified atom stereocenters. The topological polar surface area (TPSA) is 44.7 Å². The molecule has 0 saturated carbocycles. The molecule has 0 bridgehead atoms. The molecule has 4 heteroatoms. The van der Waals surface area contributed by atoms with E-state index in [0.717, 1.165) is 13.1 Å². The van der Waals surface area contributed by atoms with Crippen LogP contribution in [-0.4, -0.2) is 62.0 Å². The zero-order chi connectivity index (χ0) is 11.1. The van der Waals surface area contributed by atoms with Gasteiger partial charge in [0.25, 0.3) is 0 Å². The van der Waals surface area contributed by atoms with Crippen LogP contribution in [-0.2, 0) is 4.74 Å². The number of hydrogen-bond donors (Lipinski definition) is 2. The van der Waals surface area contributed by atoms with Crippen molar-refractivity contribution in [1.29, 1.82) is 0 Å². The van der Waals surface area contributed by atoms with E-state index in [1.807, 2.05) is 6.92 Å². The molecule has 1 heterocycles. The van der Waals surface area contributed by atoms with Gasteiger partial charge in [0, 0.05) is 25.7 Å². The Balaban J connectivity index is 2.17. The van der Waals surface area contributed by atoms with E-state index in [-0.39, 0.29) is 6.10 Å². The van der Waals surface area contributed by atoms with E-state index in [2.05, 4.69) is 17.3 Å². The van der Waals surface area contributed by atoms with Gasteiger partial charge in [0.05, 0.1) is 12.7 Å². The fourth-order valence-corrected chi connectivity index (χ4v) is 2.00. The number of rotatable bonds is 6. The average molecular weight is 216 g/mol. The van der Waals surface area contributed by atoms with Gasteiger partial charge < -0.3 is 15.2 Å². The first-order valence-electron chi connectivity index (χ1n) is 5.90. The summed E-state index contributed by atoms with van der Waals surface area (Å²) in [7, 11) is 2.08. The Hall–Kier alpha value is -0.160. The number of likely N-dealkylation sites (N-methyl/N-ethyl adjacent to an activating group) is 1. The molecule has 1 saturated heterocycles. The second-order valence-electron chi connectivity index (χ2n) is 4.25. The molecule has 1 fully saturated rings. The first kappa shape index (κ1) is 12.9. The summed E-state index contributed by atoms with van der Waals surface area (Å²) in [6.07, 6.45) is 2.10. The number of piperidine rings is 1. The first-order valence-corrected chi connectivity index (χ1v) is 5.90. The molecule has 1 aliphatic heterocycles. The highest BCUT2D eigenvalue weighted by atomic mass is 16.5. The molecule has 0 spiro atoms. The van der Waals surface area contributed by atoms with Gasteiger partial charge >= 0.3 is 0 Å². The molecule has 0 amide bonds. The summed E-state index contributed by atoms with van der Waals surface area (Å²) in [6.45, 7) is 5.93. The standard InChI is InChI=1S/C11H24N2O2/c1-3-15-9-11(14)8-13(2)10-5-4-6-12-7-10/h10-12,14H,3-9H2,1-2H3. The van der Waals surface area contributed by atoms with Crippen molar-refractivity contribution in [2.24, 2.45) is 0 Å². The molecule has 1 rings (SSSR count). The summed E-state index contributed by atoms with van der Waals surface area (Å²) < 4.78 is 5.19. The molecule has 0 aromatic rings. The lowest BCUT2D eigenvalue weighted by molar-refractivity contribution is 0.0164. The van der Waals surface area contributed by atoms with Gasteiger partial charge in [0.1, 0.15) is 0 Å². The van der Waals surface area contributed by atoms with Gasteiger partial charge in [-0.05, 0) is 33.4 Å². The highest BCUT2D eigenvalue weighted by Crippen LogP contribution is 2.08. The van der Waals surface area contributed by atoms with E-state index in [9.17, 15) is 5.11 Å². The molecule has 0 radical (unpaired) electrons. The molecule has 0 aromatic heterocycles. The lowest BCUT2D eigenvalue weighted by Gasteiger charge is -2.32. The normalized spacial score (nSPS) is 24.4. The quantitative estimate of drug-likeness (QED) is 0.659. The van der Waals surface area contributed by atoms with Gasteiger partial charge in [0.2, 0.25) is 0 Å². The zero-order valence-electron chi connectivity index (χ0n) is 9.91. The van der Waals surface area contributed by atoms with Crippen molar-refractivity contribution in [2.45, 2.75) is 31.9 Å². The van der Waals surface area contributed by atoms with E-state index in [1.165, 1.54) is 12.8 Å². The van der Waals surface area contributed by atoms with Crippen LogP contribution < -0.4 is 5.32 Å². The second kappa shape index (κ2) is 7.17. The maximum absolute atomic E-state index is 9.69. The highest BCUT2D eigenvalue weighted by molar-refractivity contribution is 4.77. The van der Waals surface area contributed by atoms with Gasteiger partial charge in [0.15, 0.2) is 0 Å². The fraction of sp³-hybridized carbons (Fsp3) is 1.00. The van der Waals surface area contributed by atoms with E-state index < -0.39 is 0 Å². The third-order valence-corrected chi connectivity index (χ3v) is 2.91. The maximum atomic E-state index is 9.69. The predicted octanol–water partition coefficient (Wildman–Crippen LogP) is 0.0676. The Morgan fingerprint density at radius 3 is 3.00 bits per heavy atom. The van der Waals surface area contributed by atoms with Crippen molar-refractivity contribution in [3.05, 3.63) is 0 Å². The Morgan fingerprint density at radius 1 is 1.60 bits per heavy atom. The predicted molar refractivity (Wildman–Crippen MR) is 61.0 cm³/mol. The van der Waals surface area contributed by atoms with Crippen molar-refractivity contribution in [1.82, 2.24) is 10.2 Å². The molecule has 1 aliphatic rings. The number of aliphatic hydroxyl groups is 1. The van der Waals surface area contributed by atoms with Gasteiger partial charge in [-0.3, -0.25) is 4.90 Å². The molecule has 15 heavy (non-hydrogen) atoms. The van der Waals surface area contributed by atoms with Crippen molar-refractivity contribution < 1.29 is 9.84 Å². The van der Waals surface area contributed by atoms with Crippen molar-refractivity contribution >= 4 is 0 Å². The SMILES string of the molecule is CCOCC(O)CN(C)C1CCCNC1. The van der Waals surface area contributed by atoms with Crippen molar-refractivity contribution in [3.8, 4) is 0 Å². The minimum atomic E-state index is -0.364. The van der Waals surface area contributed by atoms with Crippen LogP contribution in [0.15, 0.2) is 0 Å². The van der Waals surface area contributed by atoms with Crippen LogP contribution in [0.2, 0.25) is 0 Å². The van der Waals surface area contributed by atoms with Gasteiger partial charge in [-0.25, -0.2) is 0 Å². The Labute approximate surface area is 92.6 Å². The van der Waals surface area contributed by atoms with Crippen LogP contribution >= 0.6 is 0 Å². The van der Waals surface area contributed by atoms with Crippen LogP contribution in [0.5, 0.6) is 0 Å². The van der Waals surface area contributed by atoms with Crippen LogP contribution in [0.4, 0.5) is 0 Å². The number of ether oxygens (including phenoxy) is 1. The van der Waals surface area contributed by atoms with E-state index >= 15 is 0 Å². The summed E-state index contributed by atoms with van der Waals surface area (Å²) in [4.78, 5) is 2.23. The number of aliphatic hydroxyl groups excluding tert-OH is 1. The largest absolute Gasteiger partial charge is 0.389 e. The summed E-state index contributed by atoms with van der Waals surface area (Å²) in [5.74, 6) is 0. The maximum Gasteiger partial charge on any atom is 0.0900 e. The lowest BCUT2D eigenvalue weighted by atomic mass is 10.1. The molecular formula is C11H24N2O2. The van der Waals surface area contributed by atoms with Crippen molar-refractivity contribution in [3.63, 3.8) is 0 Å². The minimum Gasteiger partial charge on any atom is -0.389 e. The fourth-order valence-electron chi connectivity index (χ4n) is 2.00. The summed E-state index contributed by atoms with van der Waals surface area (Å²) in [6, 6.07) is 0.565. The highest BCUT2D eigenvalue weighted by Gasteiger charge is 2.19. The smallest absolute Gasteiger partial charge is 0.0900 e. The monoisotopic (exact) mass is 216 g/mol. The third-order valence-electron chi connectivity index (χ3n) is 2.91. The minimum absolute atomic E-state index is 0.364. The van der Waals surface area contributed by atoms with Crippen molar-refractivity contribution in [2.75, 3.05) is 39.9 Å². The first-order chi connectivity index (χ1) is 7.24. The summed E-state index contributed by atoms with van der Waals surface area (Å²) in [5, 5.41) is 13.1. The second-order valence-corrected chi connectivity index (χ2v) is 4.25. The van der Waals surface area contributed by atoms with Gasteiger partial charge in [-0.1, -0.05) is 0 Å². The number of hydrogen-bond acceptors (Lipinski definition) is 4. The molecule has 0 aliphatic carbocycles. The van der Waals surface area contributed by atoms with Gasteiger partial charge in [-0.15, -0.1) is 0 Å². The molecule has 2 N–H and O–H groups in total.